The van der Waals surface area contributed by atoms with Crippen molar-refractivity contribution < 1.29 is 9.59 Å². The Labute approximate surface area is 105 Å². The fraction of sp³-hybridized carbons (Fsp3) is 0.308. The summed E-state index contributed by atoms with van der Waals surface area (Å²) in [6, 6.07) is 3.94. The molecule has 5 heteroatoms. The van der Waals surface area contributed by atoms with Gasteiger partial charge in [-0.25, -0.2) is 4.98 Å². The number of fused-ring (bicyclic) bond motifs is 1. The molecule has 5 nitrogen and oxygen atoms in total. The summed E-state index contributed by atoms with van der Waals surface area (Å²) in [5.74, 6) is -0.147. The Morgan fingerprint density at radius 3 is 2.61 bits per heavy atom. The van der Waals surface area contributed by atoms with Crippen molar-refractivity contribution in [3.05, 3.63) is 23.3 Å². The minimum atomic E-state index is -0.352. The number of anilines is 1. The number of aryl methyl sites for hydroxylation is 2. The number of ketones is 1. The van der Waals surface area contributed by atoms with Crippen LogP contribution in [0, 0.1) is 13.8 Å². The fourth-order valence-corrected chi connectivity index (χ4v) is 1.73. The third-order valence-corrected chi connectivity index (χ3v) is 2.76. The highest BCUT2D eigenvalue weighted by Gasteiger charge is 2.09. The van der Waals surface area contributed by atoms with Gasteiger partial charge in [0.2, 0.25) is 11.9 Å². The lowest BCUT2D eigenvalue weighted by Gasteiger charge is -1.97. The Morgan fingerprint density at radius 2 is 1.94 bits per heavy atom. The third kappa shape index (κ3) is 2.56. The molecule has 1 heterocycles. The van der Waals surface area contributed by atoms with Gasteiger partial charge in [-0.3, -0.25) is 14.9 Å². The molecule has 94 valence electrons. The number of Topliss-reactive ketones (excluding diaryl/α,β-unsaturated/α-hetero) is 1. The number of nitrogens with one attached hydrogen (secondary N) is 2. The molecule has 0 unspecified atom stereocenters. The van der Waals surface area contributed by atoms with Crippen LogP contribution in [0.4, 0.5) is 5.95 Å². The molecule has 0 saturated heterocycles. The molecule has 0 fully saturated rings. The van der Waals surface area contributed by atoms with Gasteiger partial charge in [0.15, 0.2) is 0 Å². The molecule has 18 heavy (non-hydrogen) atoms. The molecule has 0 aliphatic carbocycles. The van der Waals surface area contributed by atoms with Crippen LogP contribution in [0.25, 0.3) is 11.0 Å². The molecule has 2 rings (SSSR count). The predicted molar refractivity (Wildman–Crippen MR) is 69.5 cm³/mol. The molecule has 2 aromatic rings. The van der Waals surface area contributed by atoms with Crippen LogP contribution in [0.5, 0.6) is 0 Å². The van der Waals surface area contributed by atoms with Crippen molar-refractivity contribution in [3.8, 4) is 0 Å². The minimum Gasteiger partial charge on any atom is -0.324 e. The molecule has 0 spiro atoms. The number of carbonyl (C=O) groups is 2. The topological polar surface area (TPSA) is 74.8 Å². The molecule has 2 N–H and O–H groups in total. The Hall–Kier alpha value is -2.17. The largest absolute Gasteiger partial charge is 0.324 e. The molecule has 0 aliphatic heterocycles. The van der Waals surface area contributed by atoms with Gasteiger partial charge >= 0.3 is 0 Å². The van der Waals surface area contributed by atoms with E-state index in [0.717, 1.165) is 22.2 Å². The average Bonchev–Trinajstić information content (AvgIpc) is 2.58. The predicted octanol–water partition coefficient (Wildman–Crippen LogP) is 2.10. The van der Waals surface area contributed by atoms with E-state index in [1.165, 1.54) is 6.92 Å². The SMILES string of the molecule is CC(=O)CC(=O)Nc1nc2cc(C)c(C)cc2[nH]1. The number of benzene rings is 1. The van der Waals surface area contributed by atoms with Gasteiger partial charge in [-0.1, -0.05) is 0 Å². The maximum Gasteiger partial charge on any atom is 0.234 e. The van der Waals surface area contributed by atoms with E-state index >= 15 is 0 Å². The lowest BCUT2D eigenvalue weighted by molar-refractivity contribution is -0.124. The zero-order valence-corrected chi connectivity index (χ0v) is 10.6. The van der Waals surface area contributed by atoms with Gasteiger partial charge in [0.1, 0.15) is 5.78 Å². The van der Waals surface area contributed by atoms with Crippen LogP contribution in [0.15, 0.2) is 12.1 Å². The van der Waals surface area contributed by atoms with Gasteiger partial charge in [0.25, 0.3) is 0 Å². The monoisotopic (exact) mass is 245 g/mol. The first-order valence-electron chi connectivity index (χ1n) is 5.72. The highest BCUT2D eigenvalue weighted by molar-refractivity contribution is 6.03. The highest BCUT2D eigenvalue weighted by Crippen LogP contribution is 2.19. The lowest BCUT2D eigenvalue weighted by Crippen LogP contribution is -2.15. The third-order valence-electron chi connectivity index (χ3n) is 2.76. The van der Waals surface area contributed by atoms with Gasteiger partial charge < -0.3 is 4.98 Å². The molecule has 0 atom stereocenters. The van der Waals surface area contributed by atoms with Crippen molar-refractivity contribution in [1.29, 1.82) is 0 Å². The minimum absolute atomic E-state index is 0.130. The van der Waals surface area contributed by atoms with Gasteiger partial charge in [-0.2, -0.15) is 0 Å². The maximum atomic E-state index is 11.4. The first kappa shape index (κ1) is 12.3. The van der Waals surface area contributed by atoms with Gasteiger partial charge in [-0.15, -0.1) is 0 Å². The zero-order chi connectivity index (χ0) is 13.3. The van der Waals surface area contributed by atoms with E-state index in [4.69, 9.17) is 0 Å². The van der Waals surface area contributed by atoms with Crippen LogP contribution >= 0.6 is 0 Å². The summed E-state index contributed by atoms with van der Waals surface area (Å²) < 4.78 is 0. The molecule has 0 saturated carbocycles. The molecule has 1 aromatic heterocycles. The fourth-order valence-electron chi connectivity index (χ4n) is 1.73. The second kappa shape index (κ2) is 4.60. The van der Waals surface area contributed by atoms with E-state index in [1.54, 1.807) is 0 Å². The number of aromatic nitrogens is 2. The van der Waals surface area contributed by atoms with E-state index in [9.17, 15) is 9.59 Å². The standard InChI is InChI=1S/C13H15N3O2/c1-7-4-10-11(5-8(7)2)15-13(14-10)16-12(18)6-9(3)17/h4-5H,6H2,1-3H3,(H2,14,15,16,18). The van der Waals surface area contributed by atoms with Gasteiger partial charge in [-0.05, 0) is 44.0 Å². The number of nitrogens with zero attached hydrogens (tertiary/aromatic N) is 1. The summed E-state index contributed by atoms with van der Waals surface area (Å²) in [5.41, 5.74) is 3.98. The normalized spacial score (nSPS) is 10.6. The Kier molecular flexibility index (Phi) is 3.14. The smallest absolute Gasteiger partial charge is 0.234 e. The Bertz CT molecular complexity index is 589. The van der Waals surface area contributed by atoms with Crippen molar-refractivity contribution in [2.75, 3.05) is 5.32 Å². The van der Waals surface area contributed by atoms with E-state index in [-0.39, 0.29) is 18.1 Å². The van der Waals surface area contributed by atoms with Crippen molar-refractivity contribution in [1.82, 2.24) is 9.97 Å². The molecule has 1 amide bonds. The first-order valence-corrected chi connectivity index (χ1v) is 5.72. The van der Waals surface area contributed by atoms with E-state index < -0.39 is 0 Å². The van der Waals surface area contributed by atoms with Crippen molar-refractivity contribution in [2.24, 2.45) is 0 Å². The molecule has 0 bridgehead atoms. The van der Waals surface area contributed by atoms with Crippen LogP contribution in [0.2, 0.25) is 0 Å². The van der Waals surface area contributed by atoms with E-state index in [0.29, 0.717) is 5.95 Å². The highest BCUT2D eigenvalue weighted by atomic mass is 16.2. The van der Waals surface area contributed by atoms with Crippen molar-refractivity contribution >= 4 is 28.7 Å². The van der Waals surface area contributed by atoms with E-state index in [1.807, 2.05) is 26.0 Å². The maximum absolute atomic E-state index is 11.4. The average molecular weight is 245 g/mol. The van der Waals surface area contributed by atoms with Crippen molar-refractivity contribution in [2.45, 2.75) is 27.2 Å². The lowest BCUT2D eigenvalue weighted by atomic mass is 10.1. The van der Waals surface area contributed by atoms with Gasteiger partial charge in [0, 0.05) is 0 Å². The number of amides is 1. The molecular weight excluding hydrogens is 230 g/mol. The van der Waals surface area contributed by atoms with E-state index in [2.05, 4.69) is 15.3 Å². The first-order chi connectivity index (χ1) is 8.45. The summed E-state index contributed by atoms with van der Waals surface area (Å²) in [5, 5.41) is 2.58. The number of H-pyrrole nitrogens is 1. The number of rotatable bonds is 3. The number of carbonyl (C=O) groups excluding carboxylic acids is 2. The van der Waals surface area contributed by atoms with Gasteiger partial charge in [0.05, 0.1) is 17.5 Å². The number of hydrogen-bond donors (Lipinski definition) is 2. The number of imidazole rings is 1. The summed E-state index contributed by atoms with van der Waals surface area (Å²) in [7, 11) is 0. The second-order valence-corrected chi connectivity index (χ2v) is 4.47. The number of aromatic amines is 1. The summed E-state index contributed by atoms with van der Waals surface area (Å²) >= 11 is 0. The Balaban J connectivity index is 2.25. The van der Waals surface area contributed by atoms with Crippen LogP contribution in [0.3, 0.4) is 0 Å². The number of hydrogen-bond acceptors (Lipinski definition) is 3. The molecule has 0 radical (unpaired) electrons. The second-order valence-electron chi connectivity index (χ2n) is 4.47. The molecule has 1 aromatic carbocycles. The summed E-state index contributed by atoms with van der Waals surface area (Å²) in [6.45, 7) is 5.41. The summed E-state index contributed by atoms with van der Waals surface area (Å²) in [4.78, 5) is 29.5. The summed E-state index contributed by atoms with van der Waals surface area (Å²) in [6.07, 6.45) is -0.130. The van der Waals surface area contributed by atoms with Crippen LogP contribution < -0.4 is 5.32 Å². The Morgan fingerprint density at radius 1 is 1.28 bits per heavy atom. The van der Waals surface area contributed by atoms with Crippen LogP contribution in [0.1, 0.15) is 24.5 Å². The quantitative estimate of drug-likeness (QED) is 0.813. The zero-order valence-electron chi connectivity index (χ0n) is 10.6. The van der Waals surface area contributed by atoms with Crippen molar-refractivity contribution in [3.63, 3.8) is 0 Å². The molecule has 0 aliphatic rings. The molecular formula is C13H15N3O2. The van der Waals surface area contributed by atoms with Crippen LogP contribution in [-0.2, 0) is 9.59 Å². The van der Waals surface area contributed by atoms with Crippen LogP contribution in [-0.4, -0.2) is 21.7 Å².